The van der Waals surface area contributed by atoms with Crippen LogP contribution < -0.4 is 15.8 Å². The smallest absolute Gasteiger partial charge is 0.258 e. The van der Waals surface area contributed by atoms with E-state index in [0.717, 1.165) is 0 Å². The van der Waals surface area contributed by atoms with Crippen LogP contribution in [0.3, 0.4) is 0 Å². The van der Waals surface area contributed by atoms with Crippen molar-refractivity contribution in [1.82, 2.24) is 0 Å². The monoisotopic (exact) mass is 288 g/mol. The van der Waals surface area contributed by atoms with Crippen LogP contribution in [-0.4, -0.2) is 19.1 Å². The van der Waals surface area contributed by atoms with Gasteiger partial charge in [0, 0.05) is 12.2 Å². The minimum atomic E-state index is -0.502. The number of hydrogen-bond acceptors (Lipinski definition) is 3. The lowest BCUT2D eigenvalue weighted by Crippen LogP contribution is -2.14. The molecule has 2 aromatic rings. The second kappa shape index (κ2) is 6.85. The van der Waals surface area contributed by atoms with Gasteiger partial charge in [0.1, 0.15) is 18.2 Å². The van der Waals surface area contributed by atoms with Crippen LogP contribution in [-0.2, 0) is 0 Å². The van der Waals surface area contributed by atoms with Gasteiger partial charge in [0.15, 0.2) is 0 Å². The summed E-state index contributed by atoms with van der Waals surface area (Å²) >= 11 is 0. The minimum Gasteiger partial charge on any atom is -0.492 e. The summed E-state index contributed by atoms with van der Waals surface area (Å²) < 4.78 is 19.2. The number of hydrogen-bond donors (Lipinski definition) is 2. The van der Waals surface area contributed by atoms with Crippen molar-refractivity contribution in [2.75, 3.05) is 18.5 Å². The van der Waals surface area contributed by atoms with Crippen molar-refractivity contribution in [2.45, 2.75) is 6.92 Å². The van der Waals surface area contributed by atoms with E-state index < -0.39 is 11.7 Å². The predicted octanol–water partition coefficient (Wildman–Crippen LogP) is 2.72. The Morgan fingerprint density at radius 3 is 2.62 bits per heavy atom. The van der Waals surface area contributed by atoms with Crippen molar-refractivity contribution in [2.24, 2.45) is 5.73 Å². The number of carbonyl (C=O) groups excluding carboxylic acids is 1. The topological polar surface area (TPSA) is 64.3 Å². The van der Waals surface area contributed by atoms with Crippen molar-refractivity contribution in [1.29, 1.82) is 0 Å². The molecular formula is C16H17FN2O2. The number of anilines is 1. The lowest BCUT2D eigenvalue weighted by Gasteiger charge is -2.09. The molecule has 3 N–H and O–H groups in total. The highest BCUT2D eigenvalue weighted by atomic mass is 19.1. The zero-order chi connectivity index (χ0) is 15.2. The Kier molecular flexibility index (Phi) is 4.90. The van der Waals surface area contributed by atoms with Gasteiger partial charge < -0.3 is 15.8 Å². The first-order valence-electron chi connectivity index (χ1n) is 6.61. The third-order valence-electron chi connectivity index (χ3n) is 2.94. The van der Waals surface area contributed by atoms with E-state index in [4.69, 9.17) is 10.5 Å². The fraction of sp³-hybridized carbons (Fsp3) is 0.188. The fourth-order valence-electron chi connectivity index (χ4n) is 1.83. The normalized spacial score (nSPS) is 10.2. The van der Waals surface area contributed by atoms with Gasteiger partial charge in [-0.05, 0) is 42.8 Å². The first-order valence-corrected chi connectivity index (χ1v) is 6.61. The summed E-state index contributed by atoms with van der Waals surface area (Å²) in [6.45, 7) is 2.49. The third-order valence-corrected chi connectivity index (χ3v) is 2.94. The molecule has 0 heterocycles. The van der Waals surface area contributed by atoms with Gasteiger partial charge in [0.25, 0.3) is 5.91 Å². The molecule has 0 atom stereocenters. The van der Waals surface area contributed by atoms with E-state index in [2.05, 4.69) is 5.32 Å². The second-order valence-electron chi connectivity index (χ2n) is 4.55. The van der Waals surface area contributed by atoms with Crippen LogP contribution in [0.25, 0.3) is 0 Å². The Labute approximate surface area is 122 Å². The van der Waals surface area contributed by atoms with E-state index >= 15 is 0 Å². The first kappa shape index (κ1) is 15.0. The largest absolute Gasteiger partial charge is 0.492 e. The van der Waals surface area contributed by atoms with Crippen molar-refractivity contribution in [3.8, 4) is 5.75 Å². The second-order valence-corrected chi connectivity index (χ2v) is 4.55. The van der Waals surface area contributed by atoms with Crippen LogP contribution in [0.2, 0.25) is 0 Å². The Morgan fingerprint density at radius 1 is 1.24 bits per heavy atom. The molecule has 0 aliphatic carbocycles. The molecule has 5 heteroatoms. The van der Waals surface area contributed by atoms with E-state index in [-0.39, 0.29) is 5.56 Å². The van der Waals surface area contributed by atoms with Gasteiger partial charge in [-0.15, -0.1) is 0 Å². The maximum atomic E-state index is 13.9. The SMILES string of the molecule is Cc1cccc(C(=O)Nc2ccc(OCCN)cc2)c1F. The maximum absolute atomic E-state index is 13.9. The number of nitrogens with one attached hydrogen (secondary N) is 1. The summed E-state index contributed by atoms with van der Waals surface area (Å²) in [5.41, 5.74) is 6.38. The minimum absolute atomic E-state index is 0.0264. The van der Waals surface area contributed by atoms with Crippen molar-refractivity contribution >= 4 is 11.6 Å². The van der Waals surface area contributed by atoms with Gasteiger partial charge in [-0.2, -0.15) is 0 Å². The van der Waals surface area contributed by atoms with Gasteiger partial charge in [0.05, 0.1) is 5.56 Å². The number of rotatable bonds is 5. The molecule has 0 fully saturated rings. The molecule has 0 saturated carbocycles. The summed E-state index contributed by atoms with van der Waals surface area (Å²) in [5.74, 6) is -0.315. The molecule has 110 valence electrons. The highest BCUT2D eigenvalue weighted by Crippen LogP contribution is 2.18. The molecule has 0 aliphatic rings. The molecule has 21 heavy (non-hydrogen) atoms. The van der Waals surface area contributed by atoms with Crippen LogP contribution >= 0.6 is 0 Å². The molecule has 1 amide bonds. The quantitative estimate of drug-likeness (QED) is 0.889. The predicted molar refractivity (Wildman–Crippen MR) is 80.1 cm³/mol. The highest BCUT2D eigenvalue weighted by Gasteiger charge is 2.13. The summed E-state index contributed by atoms with van der Waals surface area (Å²) in [6, 6.07) is 11.5. The standard InChI is InChI=1S/C16H17FN2O2/c1-11-3-2-4-14(15(11)17)16(20)19-12-5-7-13(8-6-12)21-10-9-18/h2-8H,9-10,18H2,1H3,(H,19,20). The molecule has 2 rings (SSSR count). The van der Waals surface area contributed by atoms with E-state index in [9.17, 15) is 9.18 Å². The molecule has 0 aliphatic heterocycles. The van der Waals surface area contributed by atoms with Gasteiger partial charge in [0.2, 0.25) is 0 Å². The fourth-order valence-corrected chi connectivity index (χ4v) is 1.83. The van der Waals surface area contributed by atoms with Gasteiger partial charge in [-0.25, -0.2) is 4.39 Å². The van der Waals surface area contributed by atoms with E-state index in [1.807, 2.05) is 0 Å². The van der Waals surface area contributed by atoms with Crippen LogP contribution in [0.4, 0.5) is 10.1 Å². The number of nitrogens with two attached hydrogens (primary N) is 1. The zero-order valence-electron chi connectivity index (χ0n) is 11.7. The summed E-state index contributed by atoms with van der Waals surface area (Å²) in [6.07, 6.45) is 0. The molecule has 4 nitrogen and oxygen atoms in total. The summed E-state index contributed by atoms with van der Waals surface area (Å²) in [7, 11) is 0. The zero-order valence-corrected chi connectivity index (χ0v) is 11.7. The summed E-state index contributed by atoms with van der Waals surface area (Å²) in [4.78, 5) is 12.0. The number of benzene rings is 2. The van der Waals surface area contributed by atoms with E-state index in [1.165, 1.54) is 6.07 Å². The van der Waals surface area contributed by atoms with Crippen LogP contribution in [0, 0.1) is 12.7 Å². The highest BCUT2D eigenvalue weighted by molar-refractivity contribution is 6.04. The van der Waals surface area contributed by atoms with Crippen molar-refractivity contribution < 1.29 is 13.9 Å². The lowest BCUT2D eigenvalue weighted by atomic mass is 10.1. The Morgan fingerprint density at radius 2 is 1.95 bits per heavy atom. The maximum Gasteiger partial charge on any atom is 0.258 e. The van der Waals surface area contributed by atoms with Crippen molar-refractivity contribution in [3.05, 3.63) is 59.4 Å². The van der Waals surface area contributed by atoms with Crippen LogP contribution in [0.1, 0.15) is 15.9 Å². The molecule has 0 spiro atoms. The number of halogens is 1. The van der Waals surface area contributed by atoms with Crippen LogP contribution in [0.15, 0.2) is 42.5 Å². The van der Waals surface area contributed by atoms with E-state index in [0.29, 0.717) is 30.2 Å². The lowest BCUT2D eigenvalue weighted by molar-refractivity contribution is 0.102. The van der Waals surface area contributed by atoms with Crippen LogP contribution in [0.5, 0.6) is 5.75 Å². The Bertz CT molecular complexity index is 627. The Hall–Kier alpha value is -2.40. The summed E-state index contributed by atoms with van der Waals surface area (Å²) in [5, 5.41) is 2.65. The molecule has 2 aromatic carbocycles. The molecule has 0 unspecified atom stereocenters. The average molecular weight is 288 g/mol. The Balaban J connectivity index is 2.07. The van der Waals surface area contributed by atoms with Gasteiger partial charge >= 0.3 is 0 Å². The molecular weight excluding hydrogens is 271 g/mol. The van der Waals surface area contributed by atoms with Crippen molar-refractivity contribution in [3.63, 3.8) is 0 Å². The van der Waals surface area contributed by atoms with Gasteiger partial charge in [-0.3, -0.25) is 4.79 Å². The molecule has 0 saturated heterocycles. The van der Waals surface area contributed by atoms with Gasteiger partial charge in [-0.1, -0.05) is 12.1 Å². The molecule has 0 aromatic heterocycles. The molecule has 0 radical (unpaired) electrons. The number of amides is 1. The van der Waals surface area contributed by atoms with E-state index in [1.54, 1.807) is 43.3 Å². The number of ether oxygens (including phenoxy) is 1. The first-order chi connectivity index (χ1) is 10.1. The third kappa shape index (κ3) is 3.79. The number of carbonyl (C=O) groups is 1. The average Bonchev–Trinajstić information content (AvgIpc) is 2.49. The number of aryl methyl sites for hydroxylation is 1. The molecule has 0 bridgehead atoms.